The van der Waals surface area contributed by atoms with Crippen LogP contribution in [-0.2, 0) is 6.54 Å². The van der Waals surface area contributed by atoms with Crippen LogP contribution in [0.1, 0.15) is 31.4 Å². The molecule has 0 saturated heterocycles. The Morgan fingerprint density at radius 3 is 2.72 bits per heavy atom. The Balaban J connectivity index is 1.62. The van der Waals surface area contributed by atoms with Crippen LogP contribution in [0, 0.1) is 17.8 Å². The first-order chi connectivity index (χ1) is 8.76. The van der Waals surface area contributed by atoms with Gasteiger partial charge in [-0.05, 0) is 49.1 Å². The van der Waals surface area contributed by atoms with Crippen LogP contribution < -0.4 is 10.6 Å². The Kier molecular flexibility index (Phi) is 3.20. The summed E-state index contributed by atoms with van der Waals surface area (Å²) in [5, 5.41) is 8.37. The monoisotopic (exact) mass is 246 g/mol. The zero-order chi connectivity index (χ0) is 12.5. The number of rotatable bonds is 4. The summed E-state index contributed by atoms with van der Waals surface area (Å²) in [6, 6.07) is 4.00. The maximum absolute atomic E-state index is 5.53. The highest BCUT2D eigenvalue weighted by Gasteiger charge is 2.39. The lowest BCUT2D eigenvalue weighted by atomic mass is 9.88. The third-order valence-electron chi connectivity index (χ3n) is 4.70. The molecular formula is C14H22N4. The van der Waals surface area contributed by atoms with Crippen LogP contribution in [0.3, 0.4) is 0 Å². The van der Waals surface area contributed by atoms with Gasteiger partial charge in [0.05, 0.1) is 5.69 Å². The molecule has 2 aliphatic rings. The van der Waals surface area contributed by atoms with Crippen LogP contribution in [0.15, 0.2) is 12.1 Å². The van der Waals surface area contributed by atoms with E-state index in [4.69, 9.17) is 5.73 Å². The minimum atomic E-state index is 0.462. The van der Waals surface area contributed by atoms with Crippen molar-refractivity contribution in [3.05, 3.63) is 17.8 Å². The van der Waals surface area contributed by atoms with Gasteiger partial charge in [-0.1, -0.05) is 6.42 Å². The summed E-state index contributed by atoms with van der Waals surface area (Å²) in [6.45, 7) is 1.58. The number of nitrogens with two attached hydrogens (primary N) is 1. The summed E-state index contributed by atoms with van der Waals surface area (Å²) in [5.74, 6) is 3.81. The van der Waals surface area contributed by atoms with Gasteiger partial charge in [0.15, 0.2) is 5.82 Å². The van der Waals surface area contributed by atoms with Gasteiger partial charge in [0.1, 0.15) is 0 Å². The summed E-state index contributed by atoms with van der Waals surface area (Å²) in [4.78, 5) is 2.25. The van der Waals surface area contributed by atoms with Gasteiger partial charge < -0.3 is 10.6 Å². The standard InChI is InChI=1S/C14H22N4/c1-18(14-5-4-13(8-15)16-17-14)9-12-7-10-2-3-11(12)6-10/h4-5,10-12H,2-3,6-9,15H2,1H3. The molecule has 2 bridgehead atoms. The second-order valence-corrected chi connectivity index (χ2v) is 5.90. The van der Waals surface area contributed by atoms with E-state index >= 15 is 0 Å². The molecule has 0 aromatic carbocycles. The number of nitrogens with zero attached hydrogens (tertiary/aromatic N) is 3. The van der Waals surface area contributed by atoms with Crippen molar-refractivity contribution in [3.8, 4) is 0 Å². The molecule has 2 saturated carbocycles. The highest BCUT2D eigenvalue weighted by atomic mass is 15.2. The molecule has 3 rings (SSSR count). The Morgan fingerprint density at radius 2 is 2.17 bits per heavy atom. The Hall–Kier alpha value is -1.16. The van der Waals surface area contributed by atoms with E-state index in [-0.39, 0.29) is 0 Å². The van der Waals surface area contributed by atoms with Crippen molar-refractivity contribution in [2.45, 2.75) is 32.2 Å². The zero-order valence-corrected chi connectivity index (χ0v) is 11.0. The molecule has 0 radical (unpaired) electrons. The van der Waals surface area contributed by atoms with Crippen molar-refractivity contribution < 1.29 is 0 Å². The van der Waals surface area contributed by atoms with Crippen molar-refractivity contribution in [1.82, 2.24) is 10.2 Å². The molecule has 1 aromatic rings. The van der Waals surface area contributed by atoms with Gasteiger partial charge >= 0.3 is 0 Å². The van der Waals surface area contributed by atoms with Crippen molar-refractivity contribution >= 4 is 5.82 Å². The van der Waals surface area contributed by atoms with Gasteiger partial charge in [-0.25, -0.2) is 0 Å². The minimum absolute atomic E-state index is 0.462. The molecule has 0 amide bonds. The number of fused-ring (bicyclic) bond motifs is 2. The molecule has 2 aliphatic carbocycles. The van der Waals surface area contributed by atoms with Gasteiger partial charge in [0.25, 0.3) is 0 Å². The summed E-state index contributed by atoms with van der Waals surface area (Å²) in [7, 11) is 2.12. The van der Waals surface area contributed by atoms with E-state index in [0.717, 1.165) is 35.8 Å². The largest absolute Gasteiger partial charge is 0.358 e. The molecule has 4 heteroatoms. The third-order valence-corrected chi connectivity index (χ3v) is 4.70. The molecule has 98 valence electrons. The molecule has 3 unspecified atom stereocenters. The van der Waals surface area contributed by atoms with E-state index in [1.165, 1.54) is 25.7 Å². The topological polar surface area (TPSA) is 55.0 Å². The Bertz CT molecular complexity index is 403. The van der Waals surface area contributed by atoms with Crippen LogP contribution >= 0.6 is 0 Å². The lowest BCUT2D eigenvalue weighted by Crippen LogP contribution is -2.29. The summed E-state index contributed by atoms with van der Waals surface area (Å²) < 4.78 is 0. The second-order valence-electron chi connectivity index (χ2n) is 5.90. The van der Waals surface area contributed by atoms with Gasteiger partial charge in [0.2, 0.25) is 0 Å². The van der Waals surface area contributed by atoms with Crippen LogP contribution in [0.5, 0.6) is 0 Å². The molecule has 18 heavy (non-hydrogen) atoms. The van der Waals surface area contributed by atoms with E-state index in [2.05, 4.69) is 22.1 Å². The summed E-state index contributed by atoms with van der Waals surface area (Å²) in [6.07, 6.45) is 5.80. The molecular weight excluding hydrogens is 224 g/mol. The maximum atomic E-state index is 5.53. The SMILES string of the molecule is CN(CC1CC2CCC1C2)c1ccc(CN)nn1. The smallest absolute Gasteiger partial charge is 0.150 e. The van der Waals surface area contributed by atoms with Crippen LogP contribution in [0.2, 0.25) is 0 Å². The fourth-order valence-electron chi connectivity index (χ4n) is 3.71. The second kappa shape index (κ2) is 4.84. The molecule has 3 atom stereocenters. The molecule has 1 aromatic heterocycles. The summed E-state index contributed by atoms with van der Waals surface area (Å²) >= 11 is 0. The van der Waals surface area contributed by atoms with E-state index in [9.17, 15) is 0 Å². The number of anilines is 1. The third kappa shape index (κ3) is 2.21. The summed E-state index contributed by atoms with van der Waals surface area (Å²) in [5.41, 5.74) is 6.39. The number of hydrogen-bond donors (Lipinski definition) is 1. The van der Waals surface area contributed by atoms with Crippen molar-refractivity contribution in [2.75, 3.05) is 18.5 Å². The molecule has 2 N–H and O–H groups in total. The lowest BCUT2D eigenvalue weighted by Gasteiger charge is -2.27. The normalized spacial score (nSPS) is 29.8. The van der Waals surface area contributed by atoms with Crippen LogP contribution in [0.4, 0.5) is 5.82 Å². The van der Waals surface area contributed by atoms with Crippen LogP contribution in [0.25, 0.3) is 0 Å². The molecule has 1 heterocycles. The van der Waals surface area contributed by atoms with E-state index in [1.54, 1.807) is 0 Å². The predicted octanol–water partition coefficient (Wildman–Crippen LogP) is 1.81. The first kappa shape index (κ1) is 11.9. The van der Waals surface area contributed by atoms with Gasteiger partial charge in [-0.3, -0.25) is 0 Å². The van der Waals surface area contributed by atoms with Gasteiger partial charge in [-0.15, -0.1) is 5.10 Å². The van der Waals surface area contributed by atoms with Crippen molar-refractivity contribution in [2.24, 2.45) is 23.5 Å². The first-order valence-electron chi connectivity index (χ1n) is 7.00. The highest BCUT2D eigenvalue weighted by Crippen LogP contribution is 2.48. The molecule has 0 aliphatic heterocycles. The van der Waals surface area contributed by atoms with Crippen molar-refractivity contribution in [3.63, 3.8) is 0 Å². The number of aromatic nitrogens is 2. The zero-order valence-electron chi connectivity index (χ0n) is 11.0. The fourth-order valence-corrected chi connectivity index (χ4v) is 3.71. The fraction of sp³-hybridized carbons (Fsp3) is 0.714. The molecule has 2 fully saturated rings. The predicted molar refractivity (Wildman–Crippen MR) is 72.1 cm³/mol. The van der Waals surface area contributed by atoms with Gasteiger partial charge in [0, 0.05) is 20.1 Å². The van der Waals surface area contributed by atoms with E-state index in [1.807, 2.05) is 12.1 Å². The first-order valence-corrected chi connectivity index (χ1v) is 7.00. The maximum Gasteiger partial charge on any atom is 0.150 e. The Morgan fingerprint density at radius 1 is 1.28 bits per heavy atom. The Labute approximate surface area is 109 Å². The van der Waals surface area contributed by atoms with E-state index in [0.29, 0.717) is 6.54 Å². The van der Waals surface area contributed by atoms with Gasteiger partial charge in [-0.2, -0.15) is 5.10 Å². The lowest BCUT2D eigenvalue weighted by molar-refractivity contribution is 0.337. The molecule has 4 nitrogen and oxygen atoms in total. The van der Waals surface area contributed by atoms with E-state index < -0.39 is 0 Å². The highest BCUT2D eigenvalue weighted by molar-refractivity contribution is 5.36. The quantitative estimate of drug-likeness (QED) is 0.880. The average molecular weight is 246 g/mol. The minimum Gasteiger partial charge on any atom is -0.358 e. The molecule has 0 spiro atoms. The van der Waals surface area contributed by atoms with Crippen LogP contribution in [-0.4, -0.2) is 23.8 Å². The average Bonchev–Trinajstić information content (AvgIpc) is 3.01. The number of hydrogen-bond acceptors (Lipinski definition) is 4. The van der Waals surface area contributed by atoms with Crippen molar-refractivity contribution in [1.29, 1.82) is 0 Å².